The number of carbonyl (C=O) groups is 1. The van der Waals surface area contributed by atoms with E-state index >= 15 is 0 Å². The minimum atomic E-state index is -0.136. The van der Waals surface area contributed by atoms with E-state index in [0.717, 1.165) is 10.0 Å². The molecule has 0 aliphatic heterocycles. The number of nitrogens with one attached hydrogen (secondary N) is 1. The third-order valence-corrected chi connectivity index (χ3v) is 3.41. The second-order valence-electron chi connectivity index (χ2n) is 3.61. The number of amides is 1. The van der Waals surface area contributed by atoms with Crippen molar-refractivity contribution in [1.29, 1.82) is 0 Å². The number of nitrogens with zero attached hydrogens (tertiary/aromatic N) is 1. The summed E-state index contributed by atoms with van der Waals surface area (Å²) in [6.45, 7) is 2.30. The van der Waals surface area contributed by atoms with Gasteiger partial charge in [0.1, 0.15) is 12.0 Å². The van der Waals surface area contributed by atoms with Crippen molar-refractivity contribution in [3.63, 3.8) is 0 Å². The van der Waals surface area contributed by atoms with Crippen LogP contribution >= 0.6 is 15.9 Å². The van der Waals surface area contributed by atoms with Crippen molar-refractivity contribution in [2.75, 3.05) is 0 Å². The van der Waals surface area contributed by atoms with Gasteiger partial charge in [-0.2, -0.15) is 0 Å². The van der Waals surface area contributed by atoms with Gasteiger partial charge >= 0.3 is 0 Å². The zero-order valence-corrected chi connectivity index (χ0v) is 10.8. The maximum absolute atomic E-state index is 11.9. The third kappa shape index (κ3) is 2.74. The predicted molar refractivity (Wildman–Crippen MR) is 66.6 cm³/mol. The van der Waals surface area contributed by atoms with Crippen LogP contribution in [0.1, 0.15) is 21.6 Å². The van der Waals surface area contributed by atoms with Crippen molar-refractivity contribution in [1.82, 2.24) is 10.5 Å². The Labute approximate surface area is 107 Å². The molecule has 0 saturated heterocycles. The molecule has 4 nitrogen and oxygen atoms in total. The zero-order chi connectivity index (χ0) is 12.3. The Morgan fingerprint density at radius 2 is 2.29 bits per heavy atom. The second-order valence-corrected chi connectivity index (χ2v) is 4.40. The normalized spacial score (nSPS) is 10.2. The van der Waals surface area contributed by atoms with Gasteiger partial charge in [-0.05, 0) is 34.5 Å². The van der Waals surface area contributed by atoms with Crippen LogP contribution in [0, 0.1) is 6.92 Å². The van der Waals surface area contributed by atoms with Crippen LogP contribution in [-0.4, -0.2) is 11.1 Å². The van der Waals surface area contributed by atoms with Crippen molar-refractivity contribution >= 4 is 21.8 Å². The van der Waals surface area contributed by atoms with E-state index in [4.69, 9.17) is 0 Å². The van der Waals surface area contributed by atoms with Crippen LogP contribution in [-0.2, 0) is 6.54 Å². The van der Waals surface area contributed by atoms with E-state index in [2.05, 4.69) is 30.9 Å². The van der Waals surface area contributed by atoms with Gasteiger partial charge in [-0.15, -0.1) is 0 Å². The summed E-state index contributed by atoms with van der Waals surface area (Å²) in [4.78, 5) is 11.9. The fourth-order valence-electron chi connectivity index (χ4n) is 1.42. The van der Waals surface area contributed by atoms with Crippen LogP contribution in [0.25, 0.3) is 0 Å². The first kappa shape index (κ1) is 11.9. The lowest BCUT2D eigenvalue weighted by Crippen LogP contribution is -2.23. The quantitative estimate of drug-likeness (QED) is 0.947. The van der Waals surface area contributed by atoms with Gasteiger partial charge in [-0.25, -0.2) is 0 Å². The maximum Gasteiger partial charge on any atom is 0.252 e. The molecule has 0 radical (unpaired) electrons. The number of carbonyl (C=O) groups excluding carboxylic acids is 1. The Balaban J connectivity index is 2.07. The van der Waals surface area contributed by atoms with Gasteiger partial charge < -0.3 is 9.84 Å². The molecule has 0 aliphatic carbocycles. The number of benzene rings is 1. The third-order valence-electron chi connectivity index (χ3n) is 2.36. The Hall–Kier alpha value is -1.62. The number of hydrogen-bond acceptors (Lipinski definition) is 3. The van der Waals surface area contributed by atoms with Crippen LogP contribution in [0.5, 0.6) is 0 Å². The Kier molecular flexibility index (Phi) is 3.58. The van der Waals surface area contributed by atoms with Gasteiger partial charge in [0.25, 0.3) is 5.91 Å². The van der Waals surface area contributed by atoms with Gasteiger partial charge in [-0.3, -0.25) is 4.79 Å². The molecule has 1 amide bonds. The molecule has 1 N–H and O–H groups in total. The highest BCUT2D eigenvalue weighted by Gasteiger charge is 2.11. The summed E-state index contributed by atoms with van der Waals surface area (Å²) in [7, 11) is 0. The summed E-state index contributed by atoms with van der Waals surface area (Å²) in [6.07, 6.45) is 1.48. The van der Waals surface area contributed by atoms with Crippen LogP contribution in [0.15, 0.2) is 39.5 Å². The van der Waals surface area contributed by atoms with E-state index in [1.807, 2.05) is 19.1 Å². The van der Waals surface area contributed by atoms with Crippen molar-refractivity contribution in [2.45, 2.75) is 13.5 Å². The van der Waals surface area contributed by atoms with Crippen LogP contribution in [0.2, 0.25) is 0 Å². The number of hydrogen-bond donors (Lipinski definition) is 1. The lowest BCUT2D eigenvalue weighted by molar-refractivity contribution is 0.0949. The maximum atomic E-state index is 11.9. The highest BCUT2D eigenvalue weighted by molar-refractivity contribution is 9.10. The summed E-state index contributed by atoms with van der Waals surface area (Å²) in [5.74, 6) is -0.136. The molecule has 0 saturated carbocycles. The monoisotopic (exact) mass is 294 g/mol. The van der Waals surface area contributed by atoms with E-state index in [1.54, 1.807) is 12.1 Å². The van der Waals surface area contributed by atoms with Gasteiger partial charge in [0.2, 0.25) is 0 Å². The molecule has 0 unspecified atom stereocenters. The minimum absolute atomic E-state index is 0.136. The number of halogens is 1. The molecule has 88 valence electrons. The zero-order valence-electron chi connectivity index (χ0n) is 9.24. The molecule has 2 aromatic rings. The molecule has 2 rings (SSSR count). The molecule has 1 heterocycles. The topological polar surface area (TPSA) is 55.1 Å². The first-order chi connectivity index (χ1) is 8.18. The minimum Gasteiger partial charge on any atom is -0.364 e. The van der Waals surface area contributed by atoms with Crippen molar-refractivity contribution in [2.24, 2.45) is 0 Å². The average molecular weight is 295 g/mol. The van der Waals surface area contributed by atoms with Crippen LogP contribution in [0.3, 0.4) is 0 Å². The summed E-state index contributed by atoms with van der Waals surface area (Å²) in [6, 6.07) is 7.28. The highest BCUT2D eigenvalue weighted by Crippen LogP contribution is 2.20. The number of aromatic nitrogens is 1. The molecule has 0 aliphatic rings. The molecular weight excluding hydrogens is 284 g/mol. The fourth-order valence-corrected chi connectivity index (χ4v) is 1.86. The summed E-state index contributed by atoms with van der Waals surface area (Å²) < 4.78 is 5.50. The molecule has 17 heavy (non-hydrogen) atoms. The molecule has 0 atom stereocenters. The van der Waals surface area contributed by atoms with Crippen LogP contribution < -0.4 is 5.32 Å². The second kappa shape index (κ2) is 5.14. The Morgan fingerprint density at radius 1 is 1.47 bits per heavy atom. The molecule has 0 bridgehead atoms. The average Bonchev–Trinajstić information content (AvgIpc) is 2.82. The number of aryl methyl sites for hydroxylation is 1. The Bertz CT molecular complexity index is 523. The lowest BCUT2D eigenvalue weighted by Gasteiger charge is -2.07. The molecule has 1 aromatic carbocycles. The fraction of sp³-hybridized carbons (Fsp3) is 0.167. The van der Waals surface area contributed by atoms with Crippen molar-refractivity contribution < 1.29 is 9.32 Å². The lowest BCUT2D eigenvalue weighted by atomic mass is 10.1. The van der Waals surface area contributed by atoms with Gasteiger partial charge in [0.05, 0.1) is 12.1 Å². The first-order valence-electron chi connectivity index (χ1n) is 5.11. The number of rotatable bonds is 3. The highest BCUT2D eigenvalue weighted by atomic mass is 79.9. The van der Waals surface area contributed by atoms with E-state index in [9.17, 15) is 4.79 Å². The van der Waals surface area contributed by atoms with E-state index in [-0.39, 0.29) is 5.91 Å². The van der Waals surface area contributed by atoms with E-state index in [0.29, 0.717) is 17.8 Å². The molecule has 1 aromatic heterocycles. The molecule has 0 spiro atoms. The SMILES string of the molecule is Cc1cccc(C(=O)NCc2ccon2)c1Br. The standard InChI is InChI=1S/C12H11BrN2O2/c1-8-3-2-4-10(11(8)13)12(16)14-7-9-5-6-17-15-9/h2-6H,7H2,1H3,(H,14,16). The van der Waals surface area contributed by atoms with Crippen molar-refractivity contribution in [3.8, 4) is 0 Å². The van der Waals surface area contributed by atoms with Crippen LogP contribution in [0.4, 0.5) is 0 Å². The molecule has 5 heteroatoms. The van der Waals surface area contributed by atoms with Crippen molar-refractivity contribution in [3.05, 3.63) is 51.8 Å². The summed E-state index contributed by atoms with van der Waals surface area (Å²) >= 11 is 3.40. The largest absolute Gasteiger partial charge is 0.364 e. The Morgan fingerprint density at radius 3 is 3.00 bits per heavy atom. The summed E-state index contributed by atoms with van der Waals surface area (Å²) in [5.41, 5.74) is 2.34. The van der Waals surface area contributed by atoms with Gasteiger partial charge in [-0.1, -0.05) is 17.3 Å². The van der Waals surface area contributed by atoms with Gasteiger partial charge in [0, 0.05) is 10.5 Å². The van der Waals surface area contributed by atoms with E-state index < -0.39 is 0 Å². The molecule has 0 fully saturated rings. The summed E-state index contributed by atoms with van der Waals surface area (Å²) in [5, 5.41) is 6.50. The predicted octanol–water partition coefficient (Wildman–Crippen LogP) is 2.68. The first-order valence-corrected chi connectivity index (χ1v) is 5.90. The molecular formula is C12H11BrN2O2. The van der Waals surface area contributed by atoms with Gasteiger partial charge in [0.15, 0.2) is 0 Å². The van der Waals surface area contributed by atoms with E-state index in [1.165, 1.54) is 6.26 Å². The smallest absolute Gasteiger partial charge is 0.252 e.